The third-order valence-corrected chi connectivity index (χ3v) is 5.35. The van der Waals surface area contributed by atoms with E-state index in [9.17, 15) is 5.26 Å². The lowest BCUT2D eigenvalue weighted by Gasteiger charge is -2.16. The standard InChI is InChI=1S/C23H20N4O/c1-2-28-16-12-10-15(11-13-16)25-22-18-7-5-6-17(18)19(14-24)23-26-20-8-3-4-9-21(20)27(22)23/h3-4,8-13,25H,2,5-7H2,1H3. The molecule has 0 radical (unpaired) electrons. The molecule has 1 aliphatic carbocycles. The van der Waals surface area contributed by atoms with Crippen molar-refractivity contribution in [1.82, 2.24) is 9.38 Å². The highest BCUT2D eigenvalue weighted by molar-refractivity contribution is 5.87. The van der Waals surface area contributed by atoms with E-state index < -0.39 is 0 Å². The molecule has 28 heavy (non-hydrogen) atoms. The molecule has 2 aromatic carbocycles. The van der Waals surface area contributed by atoms with E-state index in [-0.39, 0.29) is 0 Å². The molecule has 0 fully saturated rings. The van der Waals surface area contributed by atoms with Gasteiger partial charge in [0.25, 0.3) is 0 Å². The van der Waals surface area contributed by atoms with Gasteiger partial charge >= 0.3 is 0 Å². The molecule has 0 atom stereocenters. The number of anilines is 2. The number of ether oxygens (including phenoxy) is 1. The fourth-order valence-corrected chi connectivity index (χ4v) is 4.16. The predicted molar refractivity (Wildman–Crippen MR) is 110 cm³/mol. The number of aromatic nitrogens is 2. The number of hydrogen-bond donors (Lipinski definition) is 1. The van der Waals surface area contributed by atoms with E-state index in [0.29, 0.717) is 12.2 Å². The molecular formula is C23H20N4O. The molecule has 5 rings (SSSR count). The summed E-state index contributed by atoms with van der Waals surface area (Å²) in [7, 11) is 0. The lowest BCUT2D eigenvalue weighted by Crippen LogP contribution is -2.06. The topological polar surface area (TPSA) is 62.3 Å². The van der Waals surface area contributed by atoms with Crippen LogP contribution < -0.4 is 10.1 Å². The summed E-state index contributed by atoms with van der Waals surface area (Å²) in [4.78, 5) is 4.78. The molecule has 2 heterocycles. The van der Waals surface area contributed by atoms with Gasteiger partial charge in [-0.05, 0) is 73.7 Å². The maximum Gasteiger partial charge on any atom is 0.157 e. The Hall–Kier alpha value is -3.52. The second kappa shape index (κ2) is 6.58. The van der Waals surface area contributed by atoms with Crippen LogP contribution in [0.4, 0.5) is 11.5 Å². The zero-order chi connectivity index (χ0) is 19.1. The SMILES string of the molecule is CCOc1ccc(Nc2c3c(c(C#N)c4nc5ccccc5n24)CCC3)cc1. The number of nitriles is 1. The van der Waals surface area contributed by atoms with E-state index in [1.54, 1.807) is 0 Å². The molecule has 0 spiro atoms. The molecule has 1 N–H and O–H groups in total. The predicted octanol–water partition coefficient (Wildman–Crippen LogP) is 4.99. The summed E-state index contributed by atoms with van der Waals surface area (Å²) in [5.41, 5.74) is 6.70. The van der Waals surface area contributed by atoms with Crippen molar-refractivity contribution in [2.24, 2.45) is 0 Å². The molecule has 0 unspecified atom stereocenters. The summed E-state index contributed by atoms with van der Waals surface area (Å²) in [6.45, 7) is 2.63. The van der Waals surface area contributed by atoms with Crippen molar-refractivity contribution >= 4 is 28.2 Å². The van der Waals surface area contributed by atoms with E-state index >= 15 is 0 Å². The fraction of sp³-hybridized carbons (Fsp3) is 0.217. The average Bonchev–Trinajstić information content (AvgIpc) is 3.34. The number of hydrogen-bond acceptors (Lipinski definition) is 4. The number of fused-ring (bicyclic) bond motifs is 4. The Balaban J connectivity index is 1.74. The van der Waals surface area contributed by atoms with Crippen LogP contribution in [-0.4, -0.2) is 16.0 Å². The number of pyridine rings is 1. The molecule has 0 saturated carbocycles. The van der Waals surface area contributed by atoms with Gasteiger partial charge < -0.3 is 10.1 Å². The Labute approximate surface area is 163 Å². The Morgan fingerprint density at radius 3 is 2.68 bits per heavy atom. The first-order valence-electron chi connectivity index (χ1n) is 9.65. The molecule has 0 saturated heterocycles. The van der Waals surface area contributed by atoms with Gasteiger partial charge in [-0.1, -0.05) is 12.1 Å². The highest BCUT2D eigenvalue weighted by Gasteiger charge is 2.25. The molecule has 4 aromatic rings. The second-order valence-electron chi connectivity index (χ2n) is 6.99. The second-order valence-corrected chi connectivity index (χ2v) is 6.99. The van der Waals surface area contributed by atoms with Gasteiger partial charge in [0.1, 0.15) is 17.6 Å². The quantitative estimate of drug-likeness (QED) is 0.551. The number of para-hydroxylation sites is 2. The Bertz CT molecular complexity index is 1230. The van der Waals surface area contributed by atoms with Crippen LogP contribution in [0.1, 0.15) is 30.0 Å². The summed E-state index contributed by atoms with van der Waals surface area (Å²) < 4.78 is 7.66. The Kier molecular flexibility index (Phi) is 3.91. The monoisotopic (exact) mass is 368 g/mol. The minimum Gasteiger partial charge on any atom is -0.494 e. The van der Waals surface area contributed by atoms with E-state index in [4.69, 9.17) is 9.72 Å². The maximum atomic E-state index is 9.85. The third-order valence-electron chi connectivity index (χ3n) is 5.35. The third kappa shape index (κ3) is 2.49. The van der Waals surface area contributed by atoms with E-state index in [0.717, 1.165) is 58.8 Å². The van der Waals surface area contributed by atoms with Gasteiger partial charge in [0.2, 0.25) is 0 Å². The van der Waals surface area contributed by atoms with Crippen LogP contribution >= 0.6 is 0 Å². The van der Waals surface area contributed by atoms with Crippen molar-refractivity contribution in [2.45, 2.75) is 26.2 Å². The number of imidazole rings is 1. The van der Waals surface area contributed by atoms with E-state index in [1.807, 2.05) is 49.4 Å². The molecule has 0 bridgehead atoms. The van der Waals surface area contributed by atoms with Crippen molar-refractivity contribution in [1.29, 1.82) is 5.26 Å². The fourth-order valence-electron chi connectivity index (χ4n) is 4.16. The number of benzene rings is 2. The van der Waals surface area contributed by atoms with Gasteiger partial charge in [-0.25, -0.2) is 4.98 Å². The summed E-state index contributed by atoms with van der Waals surface area (Å²) in [6.07, 6.45) is 2.95. The zero-order valence-corrected chi connectivity index (χ0v) is 15.7. The smallest absolute Gasteiger partial charge is 0.157 e. The van der Waals surface area contributed by atoms with Crippen molar-refractivity contribution < 1.29 is 4.74 Å². The number of nitrogens with one attached hydrogen (secondary N) is 1. The summed E-state index contributed by atoms with van der Waals surface area (Å²) in [5.74, 6) is 1.87. The van der Waals surface area contributed by atoms with Crippen LogP contribution in [-0.2, 0) is 12.8 Å². The van der Waals surface area contributed by atoms with Crippen LogP contribution in [0.2, 0.25) is 0 Å². The van der Waals surface area contributed by atoms with Crippen LogP contribution in [0.15, 0.2) is 48.5 Å². The van der Waals surface area contributed by atoms with Gasteiger partial charge in [0.05, 0.1) is 23.2 Å². The average molecular weight is 368 g/mol. The van der Waals surface area contributed by atoms with Crippen molar-refractivity contribution in [3.8, 4) is 11.8 Å². The van der Waals surface area contributed by atoms with Crippen LogP contribution in [0.25, 0.3) is 16.7 Å². The van der Waals surface area contributed by atoms with Crippen LogP contribution in [0, 0.1) is 11.3 Å². The molecule has 2 aromatic heterocycles. The molecule has 5 nitrogen and oxygen atoms in total. The van der Waals surface area contributed by atoms with Crippen molar-refractivity contribution in [3.63, 3.8) is 0 Å². The van der Waals surface area contributed by atoms with Gasteiger partial charge in [-0.3, -0.25) is 4.40 Å². The zero-order valence-electron chi connectivity index (χ0n) is 15.7. The molecule has 5 heteroatoms. The first kappa shape index (κ1) is 16.6. The summed E-state index contributed by atoms with van der Waals surface area (Å²) in [5, 5.41) is 13.5. The largest absolute Gasteiger partial charge is 0.494 e. The van der Waals surface area contributed by atoms with Gasteiger partial charge in [0.15, 0.2) is 5.65 Å². The Morgan fingerprint density at radius 2 is 1.89 bits per heavy atom. The van der Waals surface area contributed by atoms with Crippen molar-refractivity contribution in [2.75, 3.05) is 11.9 Å². The first-order valence-corrected chi connectivity index (χ1v) is 9.65. The first-order chi connectivity index (χ1) is 13.8. The summed E-state index contributed by atoms with van der Waals surface area (Å²) in [6, 6.07) is 18.4. The van der Waals surface area contributed by atoms with Gasteiger partial charge in [-0.2, -0.15) is 5.26 Å². The molecule has 0 amide bonds. The molecular weight excluding hydrogens is 348 g/mol. The molecule has 138 valence electrons. The molecule has 0 aliphatic heterocycles. The minimum atomic E-state index is 0.650. The highest BCUT2D eigenvalue weighted by atomic mass is 16.5. The lowest BCUT2D eigenvalue weighted by atomic mass is 10.1. The van der Waals surface area contributed by atoms with Gasteiger partial charge in [0, 0.05) is 5.69 Å². The van der Waals surface area contributed by atoms with Crippen LogP contribution in [0.5, 0.6) is 5.75 Å². The minimum absolute atomic E-state index is 0.650. The Morgan fingerprint density at radius 1 is 1.11 bits per heavy atom. The van der Waals surface area contributed by atoms with Gasteiger partial charge in [-0.15, -0.1) is 0 Å². The highest BCUT2D eigenvalue weighted by Crippen LogP contribution is 2.37. The van der Waals surface area contributed by atoms with Crippen LogP contribution in [0.3, 0.4) is 0 Å². The summed E-state index contributed by atoms with van der Waals surface area (Å²) >= 11 is 0. The van der Waals surface area contributed by atoms with E-state index in [1.165, 1.54) is 5.56 Å². The normalized spacial score (nSPS) is 12.9. The lowest BCUT2D eigenvalue weighted by molar-refractivity contribution is 0.340. The number of nitrogens with zero attached hydrogens (tertiary/aromatic N) is 3. The molecule has 1 aliphatic rings. The van der Waals surface area contributed by atoms with Crippen molar-refractivity contribution in [3.05, 3.63) is 65.2 Å². The number of rotatable bonds is 4. The van der Waals surface area contributed by atoms with E-state index in [2.05, 4.69) is 21.9 Å². The maximum absolute atomic E-state index is 9.85.